The predicted molar refractivity (Wildman–Crippen MR) is 77.9 cm³/mol. The Kier molecular flexibility index (Phi) is 5.11. The number of carbonyl (C=O) groups excluding carboxylic acids is 1. The zero-order valence-electron chi connectivity index (χ0n) is 11.5. The molecule has 20 heavy (non-hydrogen) atoms. The molecule has 2 aromatic heterocycles. The van der Waals surface area contributed by atoms with E-state index < -0.39 is 0 Å². The van der Waals surface area contributed by atoms with Crippen molar-refractivity contribution in [2.45, 2.75) is 26.2 Å². The number of rotatable bonds is 6. The number of hydrogen-bond acceptors (Lipinski definition) is 3. The van der Waals surface area contributed by atoms with Crippen molar-refractivity contribution in [1.29, 1.82) is 0 Å². The van der Waals surface area contributed by atoms with Crippen molar-refractivity contribution in [2.75, 3.05) is 11.9 Å². The van der Waals surface area contributed by atoms with Crippen LogP contribution in [0, 0.1) is 0 Å². The number of amides is 2. The van der Waals surface area contributed by atoms with Crippen LogP contribution < -0.4 is 10.6 Å². The van der Waals surface area contributed by atoms with Gasteiger partial charge in [-0.05, 0) is 18.6 Å². The second-order valence-corrected chi connectivity index (χ2v) is 4.45. The van der Waals surface area contributed by atoms with Crippen LogP contribution in [0.5, 0.6) is 0 Å². The highest BCUT2D eigenvalue weighted by Crippen LogP contribution is 2.08. The molecule has 0 bridgehead atoms. The first kappa shape index (κ1) is 14.0. The van der Waals surface area contributed by atoms with Crippen LogP contribution >= 0.6 is 0 Å². The first-order chi connectivity index (χ1) is 9.79. The van der Waals surface area contributed by atoms with Crippen molar-refractivity contribution in [1.82, 2.24) is 20.1 Å². The molecule has 0 saturated carbocycles. The molecule has 0 radical (unpaired) electrons. The van der Waals surface area contributed by atoms with Gasteiger partial charge in [-0.25, -0.2) is 14.5 Å². The molecule has 6 nitrogen and oxygen atoms in total. The third kappa shape index (κ3) is 4.08. The maximum absolute atomic E-state index is 11.6. The van der Waals surface area contributed by atoms with Gasteiger partial charge in [0.1, 0.15) is 0 Å². The first-order valence-corrected chi connectivity index (χ1v) is 6.80. The lowest BCUT2D eigenvalue weighted by Gasteiger charge is -2.04. The Balaban J connectivity index is 1.85. The van der Waals surface area contributed by atoms with Gasteiger partial charge < -0.3 is 10.6 Å². The number of nitrogens with one attached hydrogen (secondary N) is 2. The molecule has 0 fully saturated rings. The van der Waals surface area contributed by atoms with E-state index in [4.69, 9.17) is 0 Å². The molecule has 2 rings (SSSR count). The highest BCUT2D eigenvalue weighted by Gasteiger charge is 2.04. The van der Waals surface area contributed by atoms with E-state index >= 15 is 0 Å². The van der Waals surface area contributed by atoms with Crippen molar-refractivity contribution < 1.29 is 4.79 Å². The summed E-state index contributed by atoms with van der Waals surface area (Å²) >= 11 is 0. The molecule has 0 atom stereocenters. The van der Waals surface area contributed by atoms with Crippen LogP contribution in [0.15, 0.2) is 36.8 Å². The fraction of sp³-hybridized carbons (Fsp3) is 0.357. The van der Waals surface area contributed by atoms with Gasteiger partial charge >= 0.3 is 6.03 Å². The van der Waals surface area contributed by atoms with Gasteiger partial charge in [-0.15, -0.1) is 0 Å². The van der Waals surface area contributed by atoms with E-state index in [1.165, 1.54) is 0 Å². The Hall–Kier alpha value is -2.37. The van der Waals surface area contributed by atoms with E-state index in [-0.39, 0.29) is 6.03 Å². The Bertz CT molecular complexity index is 538. The highest BCUT2D eigenvalue weighted by molar-refractivity contribution is 5.88. The van der Waals surface area contributed by atoms with Crippen molar-refractivity contribution >= 4 is 11.7 Å². The minimum absolute atomic E-state index is 0.207. The van der Waals surface area contributed by atoms with Crippen LogP contribution in [-0.4, -0.2) is 27.3 Å². The molecule has 0 aliphatic carbocycles. The average molecular weight is 273 g/mol. The second-order valence-electron chi connectivity index (χ2n) is 4.45. The summed E-state index contributed by atoms with van der Waals surface area (Å²) < 4.78 is 1.62. The topological polar surface area (TPSA) is 71.8 Å². The molecular weight excluding hydrogens is 254 g/mol. The van der Waals surface area contributed by atoms with Gasteiger partial charge in [0.2, 0.25) is 0 Å². The zero-order valence-corrected chi connectivity index (χ0v) is 11.5. The molecule has 2 N–H and O–H groups in total. The summed E-state index contributed by atoms with van der Waals surface area (Å²) in [4.78, 5) is 15.8. The Labute approximate surface area is 118 Å². The lowest BCUT2D eigenvalue weighted by molar-refractivity contribution is 0.252. The molecule has 0 saturated heterocycles. The van der Waals surface area contributed by atoms with Crippen molar-refractivity contribution in [3.8, 4) is 5.82 Å². The second kappa shape index (κ2) is 7.28. The fourth-order valence-corrected chi connectivity index (χ4v) is 1.75. The number of anilines is 1. The third-order valence-electron chi connectivity index (χ3n) is 2.79. The molecule has 0 aliphatic rings. The lowest BCUT2D eigenvalue weighted by atomic mass is 10.2. The van der Waals surface area contributed by atoms with E-state index in [2.05, 4.69) is 27.6 Å². The first-order valence-electron chi connectivity index (χ1n) is 6.80. The number of unbranched alkanes of at least 4 members (excludes halogenated alkanes) is 2. The minimum atomic E-state index is -0.207. The number of carbonyl (C=O) groups is 1. The number of aromatic nitrogens is 3. The molecule has 0 unspecified atom stereocenters. The summed E-state index contributed by atoms with van der Waals surface area (Å²) in [5.74, 6) is 0.712. The largest absolute Gasteiger partial charge is 0.338 e. The molecule has 0 aromatic carbocycles. The predicted octanol–water partition coefficient (Wildman–Crippen LogP) is 2.58. The van der Waals surface area contributed by atoms with Crippen molar-refractivity contribution in [3.63, 3.8) is 0 Å². The van der Waals surface area contributed by atoms with Gasteiger partial charge in [-0.2, -0.15) is 5.10 Å². The third-order valence-corrected chi connectivity index (χ3v) is 2.79. The molecule has 0 spiro atoms. The van der Waals surface area contributed by atoms with Crippen LogP contribution in [-0.2, 0) is 0 Å². The monoisotopic (exact) mass is 273 g/mol. The SMILES string of the molecule is CCCCCNC(=O)Nc1cnn(-c2ccccn2)c1. The Morgan fingerprint density at radius 3 is 3.00 bits per heavy atom. The number of hydrogen-bond donors (Lipinski definition) is 2. The molecule has 2 aromatic rings. The number of nitrogens with zero attached hydrogens (tertiary/aromatic N) is 3. The van der Waals surface area contributed by atoms with E-state index in [0.29, 0.717) is 18.1 Å². The minimum Gasteiger partial charge on any atom is -0.338 e. The maximum atomic E-state index is 11.6. The summed E-state index contributed by atoms with van der Waals surface area (Å²) in [6.45, 7) is 2.82. The van der Waals surface area contributed by atoms with E-state index in [9.17, 15) is 4.79 Å². The standard InChI is InChI=1S/C14H19N5O/c1-2-3-5-9-16-14(20)18-12-10-17-19(11-12)13-7-4-6-8-15-13/h4,6-8,10-11H,2-3,5,9H2,1H3,(H2,16,18,20). The van der Waals surface area contributed by atoms with Gasteiger partial charge in [0.25, 0.3) is 0 Å². The Morgan fingerprint density at radius 2 is 2.25 bits per heavy atom. The zero-order chi connectivity index (χ0) is 14.2. The van der Waals surface area contributed by atoms with E-state index in [1.54, 1.807) is 23.3 Å². The van der Waals surface area contributed by atoms with Gasteiger partial charge in [0.05, 0.1) is 18.1 Å². The smallest absolute Gasteiger partial charge is 0.319 e. The van der Waals surface area contributed by atoms with Gasteiger partial charge in [0, 0.05) is 12.7 Å². The number of urea groups is 1. The maximum Gasteiger partial charge on any atom is 0.319 e. The summed E-state index contributed by atoms with van der Waals surface area (Å²) in [5.41, 5.74) is 0.642. The van der Waals surface area contributed by atoms with Crippen LogP contribution in [0.1, 0.15) is 26.2 Å². The molecule has 106 valence electrons. The van der Waals surface area contributed by atoms with Gasteiger partial charge in [0.15, 0.2) is 5.82 Å². The van der Waals surface area contributed by atoms with Crippen LogP contribution in [0.4, 0.5) is 10.5 Å². The molecule has 2 amide bonds. The fourth-order valence-electron chi connectivity index (χ4n) is 1.75. The summed E-state index contributed by atoms with van der Waals surface area (Å²) in [6, 6.07) is 5.37. The van der Waals surface area contributed by atoms with Gasteiger partial charge in [-0.1, -0.05) is 25.8 Å². The summed E-state index contributed by atoms with van der Waals surface area (Å²) in [5, 5.41) is 9.72. The quantitative estimate of drug-likeness (QED) is 0.795. The van der Waals surface area contributed by atoms with Crippen LogP contribution in [0.25, 0.3) is 5.82 Å². The van der Waals surface area contributed by atoms with Crippen LogP contribution in [0.2, 0.25) is 0 Å². The van der Waals surface area contributed by atoms with Crippen LogP contribution in [0.3, 0.4) is 0 Å². The summed E-state index contributed by atoms with van der Waals surface area (Å²) in [6.07, 6.45) is 8.29. The molecular formula is C14H19N5O. The van der Waals surface area contributed by atoms with Gasteiger partial charge in [-0.3, -0.25) is 0 Å². The Morgan fingerprint density at radius 1 is 1.35 bits per heavy atom. The lowest BCUT2D eigenvalue weighted by Crippen LogP contribution is -2.29. The average Bonchev–Trinajstić information content (AvgIpc) is 2.93. The highest BCUT2D eigenvalue weighted by atomic mass is 16.2. The molecule has 0 aliphatic heterocycles. The van der Waals surface area contributed by atoms with Crippen molar-refractivity contribution in [3.05, 3.63) is 36.8 Å². The molecule has 2 heterocycles. The number of pyridine rings is 1. The molecule has 6 heteroatoms. The summed E-state index contributed by atoms with van der Waals surface area (Å²) in [7, 11) is 0. The normalized spacial score (nSPS) is 10.2. The van der Waals surface area contributed by atoms with E-state index in [0.717, 1.165) is 19.3 Å². The van der Waals surface area contributed by atoms with E-state index in [1.807, 2.05) is 18.2 Å². The van der Waals surface area contributed by atoms with Crippen molar-refractivity contribution in [2.24, 2.45) is 0 Å².